The number of thioether (sulfide) groups is 1. The first-order valence-corrected chi connectivity index (χ1v) is 5.36. The second-order valence-corrected chi connectivity index (χ2v) is 3.88. The second-order valence-electron chi connectivity index (χ2n) is 2.89. The largest absolute Gasteiger partial charge is 0.478 e. The van der Waals surface area contributed by atoms with Gasteiger partial charge < -0.3 is 15.6 Å². The number of hydrogen-bond donors (Lipinski definition) is 2. The number of hydrogen-bond acceptors (Lipinski definition) is 5. The minimum Gasteiger partial charge on any atom is -0.478 e. The van der Waals surface area contributed by atoms with Gasteiger partial charge in [0.1, 0.15) is 0 Å². The Balaban J connectivity index is 2.93. The van der Waals surface area contributed by atoms with Crippen molar-refractivity contribution >= 4 is 29.4 Å². The molecule has 5 nitrogen and oxygen atoms in total. The molecule has 0 amide bonds. The highest BCUT2D eigenvalue weighted by molar-refractivity contribution is 8.00. The van der Waals surface area contributed by atoms with Crippen molar-refractivity contribution in [3.8, 4) is 0 Å². The molecule has 0 radical (unpaired) electrons. The third-order valence-corrected chi connectivity index (χ3v) is 2.96. The van der Waals surface area contributed by atoms with Crippen LogP contribution in [0.1, 0.15) is 10.4 Å². The second kappa shape index (κ2) is 5.41. The van der Waals surface area contributed by atoms with E-state index in [1.807, 2.05) is 0 Å². The van der Waals surface area contributed by atoms with E-state index in [0.717, 1.165) is 11.8 Å². The molecule has 0 aliphatic heterocycles. The van der Waals surface area contributed by atoms with E-state index >= 15 is 0 Å². The molecule has 6 heteroatoms. The maximum atomic E-state index is 10.9. The number of nitrogen functional groups attached to an aromatic ring is 1. The minimum absolute atomic E-state index is 0.0327. The number of ether oxygens (including phenoxy) is 1. The molecule has 0 aliphatic rings. The monoisotopic (exact) mass is 241 g/mol. The van der Waals surface area contributed by atoms with Crippen LogP contribution in [0, 0.1) is 0 Å². The third-order valence-electron chi connectivity index (χ3n) is 1.84. The molecule has 0 atom stereocenters. The van der Waals surface area contributed by atoms with Gasteiger partial charge in [-0.15, -0.1) is 11.8 Å². The van der Waals surface area contributed by atoms with Crippen LogP contribution in [0.15, 0.2) is 23.1 Å². The van der Waals surface area contributed by atoms with Gasteiger partial charge in [-0.2, -0.15) is 0 Å². The Labute approximate surface area is 96.6 Å². The summed E-state index contributed by atoms with van der Waals surface area (Å²) in [7, 11) is 1.27. The number of rotatable bonds is 4. The molecule has 16 heavy (non-hydrogen) atoms. The Morgan fingerprint density at radius 1 is 1.50 bits per heavy atom. The molecule has 0 heterocycles. The summed E-state index contributed by atoms with van der Waals surface area (Å²) in [5.41, 5.74) is 6.08. The smallest absolute Gasteiger partial charge is 0.336 e. The van der Waals surface area contributed by atoms with Crippen LogP contribution in [0.3, 0.4) is 0 Å². The predicted octanol–water partition coefficient (Wildman–Crippen LogP) is 1.23. The fraction of sp³-hybridized carbons (Fsp3) is 0.200. The van der Waals surface area contributed by atoms with E-state index in [1.165, 1.54) is 13.2 Å². The van der Waals surface area contributed by atoms with Crippen LogP contribution in [-0.2, 0) is 9.53 Å². The summed E-state index contributed by atoms with van der Waals surface area (Å²) in [6, 6.07) is 4.59. The highest BCUT2D eigenvalue weighted by Crippen LogP contribution is 2.29. The number of aromatic carboxylic acids is 1. The lowest BCUT2D eigenvalue weighted by atomic mass is 10.2. The van der Waals surface area contributed by atoms with Gasteiger partial charge in [0.25, 0.3) is 0 Å². The van der Waals surface area contributed by atoms with Crippen LogP contribution >= 0.6 is 11.8 Å². The lowest BCUT2D eigenvalue weighted by Gasteiger charge is -2.07. The molecule has 1 rings (SSSR count). The standard InChI is InChI=1S/C10H11NO4S/c1-15-8(12)5-16-9-6(10(13)14)3-2-4-7(9)11/h2-4H,5,11H2,1H3,(H,13,14). The summed E-state index contributed by atoms with van der Waals surface area (Å²) in [5.74, 6) is -1.46. The van der Waals surface area contributed by atoms with Crippen molar-refractivity contribution in [1.82, 2.24) is 0 Å². The first-order valence-electron chi connectivity index (χ1n) is 4.37. The Hall–Kier alpha value is -1.69. The maximum absolute atomic E-state index is 10.9. The molecule has 0 aromatic heterocycles. The van der Waals surface area contributed by atoms with Crippen LogP contribution in [-0.4, -0.2) is 29.9 Å². The summed E-state index contributed by atoms with van der Waals surface area (Å²) < 4.78 is 4.46. The molecule has 86 valence electrons. The zero-order valence-electron chi connectivity index (χ0n) is 8.60. The molecule has 0 spiro atoms. The number of carboxylic acid groups (broad SMARTS) is 1. The van der Waals surface area contributed by atoms with Gasteiger partial charge in [-0.1, -0.05) is 6.07 Å². The summed E-state index contributed by atoms with van der Waals surface area (Å²) in [4.78, 5) is 22.2. The van der Waals surface area contributed by atoms with Crippen LogP contribution in [0.2, 0.25) is 0 Å². The van der Waals surface area contributed by atoms with E-state index in [0.29, 0.717) is 10.6 Å². The lowest BCUT2D eigenvalue weighted by molar-refractivity contribution is -0.137. The van der Waals surface area contributed by atoms with Crippen molar-refractivity contribution < 1.29 is 19.4 Å². The van der Waals surface area contributed by atoms with Gasteiger partial charge in [-0.3, -0.25) is 4.79 Å². The Kier molecular flexibility index (Phi) is 4.19. The third kappa shape index (κ3) is 2.90. The molecule has 1 aromatic rings. The topological polar surface area (TPSA) is 89.6 Å². The van der Waals surface area contributed by atoms with Crippen molar-refractivity contribution in [1.29, 1.82) is 0 Å². The summed E-state index contributed by atoms with van der Waals surface area (Å²) in [6.07, 6.45) is 0. The fourth-order valence-electron chi connectivity index (χ4n) is 1.07. The minimum atomic E-state index is -1.07. The lowest BCUT2D eigenvalue weighted by Crippen LogP contribution is -2.06. The van der Waals surface area contributed by atoms with Crippen molar-refractivity contribution in [2.24, 2.45) is 0 Å². The highest BCUT2D eigenvalue weighted by Gasteiger charge is 2.14. The number of esters is 1. The van der Waals surface area contributed by atoms with Crippen molar-refractivity contribution in [3.63, 3.8) is 0 Å². The number of methoxy groups -OCH3 is 1. The van der Waals surface area contributed by atoms with Crippen LogP contribution in [0.5, 0.6) is 0 Å². The SMILES string of the molecule is COC(=O)CSc1c(N)cccc1C(=O)O. The number of carboxylic acids is 1. The molecule has 1 aromatic carbocycles. The van der Waals surface area contributed by atoms with E-state index in [4.69, 9.17) is 10.8 Å². The molecule has 0 saturated carbocycles. The van der Waals surface area contributed by atoms with Crippen LogP contribution < -0.4 is 5.73 Å². The number of anilines is 1. The van der Waals surface area contributed by atoms with Gasteiger partial charge in [-0.05, 0) is 12.1 Å². The first-order chi connectivity index (χ1) is 7.56. The zero-order chi connectivity index (χ0) is 12.1. The number of benzene rings is 1. The fourth-order valence-corrected chi connectivity index (χ4v) is 2.00. The van der Waals surface area contributed by atoms with E-state index in [-0.39, 0.29) is 11.3 Å². The highest BCUT2D eigenvalue weighted by atomic mass is 32.2. The number of carbonyl (C=O) groups excluding carboxylic acids is 1. The van der Waals surface area contributed by atoms with Gasteiger partial charge in [0.15, 0.2) is 0 Å². The average Bonchev–Trinajstić information content (AvgIpc) is 2.26. The maximum Gasteiger partial charge on any atom is 0.336 e. The van der Waals surface area contributed by atoms with Crippen molar-refractivity contribution in [2.45, 2.75) is 4.90 Å². The molecule has 0 fully saturated rings. The van der Waals surface area contributed by atoms with Crippen LogP contribution in [0.25, 0.3) is 0 Å². The molecular formula is C10H11NO4S. The molecular weight excluding hydrogens is 230 g/mol. The normalized spacial score (nSPS) is 9.81. The zero-order valence-corrected chi connectivity index (χ0v) is 9.41. The van der Waals surface area contributed by atoms with Gasteiger partial charge >= 0.3 is 11.9 Å². The Bertz CT molecular complexity index is 419. The van der Waals surface area contributed by atoms with Gasteiger partial charge in [0, 0.05) is 10.6 Å². The van der Waals surface area contributed by atoms with Gasteiger partial charge in [0.05, 0.1) is 18.4 Å². The average molecular weight is 241 g/mol. The first kappa shape index (κ1) is 12.4. The molecule has 0 unspecified atom stereocenters. The molecule has 0 aliphatic carbocycles. The van der Waals surface area contributed by atoms with E-state index in [9.17, 15) is 9.59 Å². The van der Waals surface area contributed by atoms with Gasteiger partial charge in [0.2, 0.25) is 0 Å². The number of carbonyl (C=O) groups is 2. The van der Waals surface area contributed by atoms with Crippen molar-refractivity contribution in [2.75, 3.05) is 18.6 Å². The number of nitrogens with two attached hydrogens (primary N) is 1. The van der Waals surface area contributed by atoms with Gasteiger partial charge in [-0.25, -0.2) is 4.79 Å². The van der Waals surface area contributed by atoms with Crippen molar-refractivity contribution in [3.05, 3.63) is 23.8 Å². The predicted molar refractivity (Wildman–Crippen MR) is 60.6 cm³/mol. The van der Waals surface area contributed by atoms with E-state index in [1.54, 1.807) is 12.1 Å². The summed E-state index contributed by atoms with van der Waals surface area (Å²) in [5, 5.41) is 8.93. The van der Waals surface area contributed by atoms with E-state index < -0.39 is 11.9 Å². The molecule has 3 N–H and O–H groups in total. The summed E-state index contributed by atoms with van der Waals surface area (Å²) in [6.45, 7) is 0. The molecule has 0 saturated heterocycles. The Morgan fingerprint density at radius 3 is 2.75 bits per heavy atom. The van der Waals surface area contributed by atoms with E-state index in [2.05, 4.69) is 4.74 Å². The Morgan fingerprint density at radius 2 is 2.19 bits per heavy atom. The molecule has 0 bridgehead atoms. The van der Waals surface area contributed by atoms with Crippen LogP contribution in [0.4, 0.5) is 5.69 Å². The quantitative estimate of drug-likeness (QED) is 0.468. The summed E-state index contributed by atoms with van der Waals surface area (Å²) >= 11 is 1.05.